The monoisotopic (exact) mass is 294 g/mol. The summed E-state index contributed by atoms with van der Waals surface area (Å²) in [4.78, 5) is 8.38. The van der Waals surface area contributed by atoms with Gasteiger partial charge in [0.1, 0.15) is 0 Å². The van der Waals surface area contributed by atoms with Gasteiger partial charge in [-0.15, -0.1) is 11.3 Å². The molecule has 4 nitrogen and oxygen atoms in total. The molecule has 0 radical (unpaired) electrons. The maximum absolute atomic E-state index is 4.85. The first-order valence-electron chi connectivity index (χ1n) is 7.59. The summed E-state index contributed by atoms with van der Waals surface area (Å²) >= 11 is 1.70. The number of aromatic nitrogens is 2. The number of fused-ring (bicyclic) bond motifs is 1. The van der Waals surface area contributed by atoms with Gasteiger partial charge in [0, 0.05) is 31.2 Å². The van der Waals surface area contributed by atoms with Crippen molar-refractivity contribution in [1.29, 1.82) is 0 Å². The highest BCUT2D eigenvalue weighted by atomic mass is 32.1. The van der Waals surface area contributed by atoms with Gasteiger partial charge in [-0.05, 0) is 19.9 Å². The molecule has 5 heteroatoms. The van der Waals surface area contributed by atoms with E-state index in [2.05, 4.69) is 47.0 Å². The van der Waals surface area contributed by atoms with E-state index in [0.717, 1.165) is 36.3 Å². The molecule has 112 valence electrons. The quantitative estimate of drug-likeness (QED) is 0.810. The average Bonchev–Trinajstić information content (AvgIpc) is 3.04. The van der Waals surface area contributed by atoms with Gasteiger partial charge in [0.15, 0.2) is 10.8 Å². The largest absolute Gasteiger partial charge is 0.355 e. The molecular weight excluding hydrogens is 268 g/mol. The summed E-state index contributed by atoms with van der Waals surface area (Å²) in [5.74, 6) is 1.90. The van der Waals surface area contributed by atoms with Crippen LogP contribution >= 0.6 is 11.3 Å². The summed E-state index contributed by atoms with van der Waals surface area (Å²) in [5.41, 5.74) is 1.27. The summed E-state index contributed by atoms with van der Waals surface area (Å²) in [7, 11) is 1.99. The highest BCUT2D eigenvalue weighted by Gasteiger charge is 2.19. The molecule has 0 saturated heterocycles. The molecule has 0 aromatic carbocycles. The number of nitrogens with zero attached hydrogens (tertiary/aromatic N) is 3. The van der Waals surface area contributed by atoms with Crippen LogP contribution in [-0.2, 0) is 6.54 Å². The minimum atomic E-state index is 0.747. The number of hydrogen-bond donors (Lipinski definition) is 1. The van der Waals surface area contributed by atoms with Gasteiger partial charge in [-0.3, -0.25) is 4.40 Å². The van der Waals surface area contributed by atoms with Crippen LogP contribution in [0.25, 0.3) is 4.96 Å². The Kier molecular flexibility index (Phi) is 5.43. The molecule has 0 unspecified atom stereocenters. The standard InChI is InChI=1S/C15H26N4S/c1-5-12(6-2)11-18(7-3)14-13(10-16-4)19-8-9-20-15(19)17-14/h8-9,12,16H,5-7,10-11H2,1-4H3. The van der Waals surface area contributed by atoms with E-state index in [1.807, 2.05) is 7.05 Å². The Balaban J connectivity index is 2.32. The first-order valence-corrected chi connectivity index (χ1v) is 8.46. The number of imidazole rings is 1. The molecule has 2 aromatic heterocycles. The number of thiazole rings is 1. The lowest BCUT2D eigenvalue weighted by Crippen LogP contribution is -2.30. The van der Waals surface area contributed by atoms with Crippen molar-refractivity contribution in [2.24, 2.45) is 5.92 Å². The lowest BCUT2D eigenvalue weighted by atomic mass is 10.0. The molecule has 20 heavy (non-hydrogen) atoms. The minimum absolute atomic E-state index is 0.747. The van der Waals surface area contributed by atoms with Gasteiger partial charge >= 0.3 is 0 Å². The third-order valence-corrected chi connectivity index (χ3v) is 4.76. The molecule has 2 heterocycles. The summed E-state index contributed by atoms with van der Waals surface area (Å²) in [6.45, 7) is 9.75. The van der Waals surface area contributed by atoms with E-state index in [1.165, 1.54) is 18.5 Å². The molecule has 0 fully saturated rings. The van der Waals surface area contributed by atoms with Crippen molar-refractivity contribution in [2.75, 3.05) is 25.0 Å². The highest BCUT2D eigenvalue weighted by Crippen LogP contribution is 2.26. The topological polar surface area (TPSA) is 32.6 Å². The van der Waals surface area contributed by atoms with E-state index in [9.17, 15) is 0 Å². The second-order valence-corrected chi connectivity index (χ2v) is 6.06. The molecule has 0 atom stereocenters. The zero-order chi connectivity index (χ0) is 14.5. The van der Waals surface area contributed by atoms with Crippen LogP contribution in [0.15, 0.2) is 11.6 Å². The second kappa shape index (κ2) is 7.09. The van der Waals surface area contributed by atoms with E-state index in [-0.39, 0.29) is 0 Å². The zero-order valence-electron chi connectivity index (χ0n) is 13.0. The average molecular weight is 294 g/mol. The van der Waals surface area contributed by atoms with Gasteiger partial charge in [0.2, 0.25) is 0 Å². The molecule has 0 saturated carbocycles. The maximum Gasteiger partial charge on any atom is 0.195 e. The molecule has 0 aliphatic rings. The molecule has 0 spiro atoms. The van der Waals surface area contributed by atoms with Crippen LogP contribution in [0.2, 0.25) is 0 Å². The van der Waals surface area contributed by atoms with Gasteiger partial charge < -0.3 is 10.2 Å². The van der Waals surface area contributed by atoms with Crippen LogP contribution in [0.5, 0.6) is 0 Å². The Hall–Kier alpha value is -1.07. The minimum Gasteiger partial charge on any atom is -0.355 e. The van der Waals surface area contributed by atoms with E-state index in [0.29, 0.717) is 0 Å². The first kappa shape index (κ1) is 15.3. The van der Waals surface area contributed by atoms with Gasteiger partial charge in [0.05, 0.1) is 5.69 Å². The fourth-order valence-corrected chi connectivity index (χ4v) is 3.36. The molecule has 0 bridgehead atoms. The van der Waals surface area contributed by atoms with Crippen molar-refractivity contribution in [3.8, 4) is 0 Å². The van der Waals surface area contributed by atoms with Crippen molar-refractivity contribution in [3.63, 3.8) is 0 Å². The van der Waals surface area contributed by atoms with Crippen LogP contribution in [-0.4, -0.2) is 29.5 Å². The Labute approximate surface area is 125 Å². The normalized spacial score (nSPS) is 11.7. The Morgan fingerprint density at radius 3 is 2.70 bits per heavy atom. The Morgan fingerprint density at radius 1 is 1.35 bits per heavy atom. The van der Waals surface area contributed by atoms with E-state index in [1.54, 1.807) is 11.3 Å². The Bertz CT molecular complexity index is 527. The van der Waals surface area contributed by atoms with E-state index >= 15 is 0 Å². The van der Waals surface area contributed by atoms with Crippen LogP contribution in [0.4, 0.5) is 5.82 Å². The fourth-order valence-electron chi connectivity index (χ4n) is 2.63. The molecule has 0 aliphatic carbocycles. The van der Waals surface area contributed by atoms with Gasteiger partial charge in [-0.25, -0.2) is 4.98 Å². The van der Waals surface area contributed by atoms with E-state index < -0.39 is 0 Å². The number of rotatable bonds is 8. The predicted molar refractivity (Wildman–Crippen MR) is 87.8 cm³/mol. The third-order valence-electron chi connectivity index (χ3n) is 4.00. The summed E-state index contributed by atoms with van der Waals surface area (Å²) < 4.78 is 2.21. The molecular formula is C15H26N4S. The molecule has 2 rings (SSSR count). The second-order valence-electron chi connectivity index (χ2n) is 5.19. The molecule has 2 aromatic rings. The third kappa shape index (κ3) is 2.99. The summed E-state index contributed by atoms with van der Waals surface area (Å²) in [5, 5.41) is 5.37. The smallest absolute Gasteiger partial charge is 0.195 e. The highest BCUT2D eigenvalue weighted by molar-refractivity contribution is 7.15. The number of anilines is 1. The zero-order valence-corrected chi connectivity index (χ0v) is 13.8. The lowest BCUT2D eigenvalue weighted by Gasteiger charge is -2.26. The van der Waals surface area contributed by atoms with Crippen molar-refractivity contribution >= 4 is 22.1 Å². The summed E-state index contributed by atoms with van der Waals surface area (Å²) in [6.07, 6.45) is 4.58. The maximum atomic E-state index is 4.85. The van der Waals surface area contributed by atoms with Gasteiger partial charge in [-0.2, -0.15) is 0 Å². The SMILES string of the molecule is CCC(CC)CN(CC)c1nc2sccn2c1CNC. The lowest BCUT2D eigenvalue weighted by molar-refractivity contribution is 0.484. The summed E-state index contributed by atoms with van der Waals surface area (Å²) in [6, 6.07) is 0. The molecule has 0 amide bonds. The van der Waals surface area contributed by atoms with Crippen molar-refractivity contribution in [3.05, 3.63) is 17.3 Å². The van der Waals surface area contributed by atoms with Gasteiger partial charge in [0.25, 0.3) is 0 Å². The van der Waals surface area contributed by atoms with Crippen LogP contribution in [0.1, 0.15) is 39.3 Å². The van der Waals surface area contributed by atoms with Crippen molar-refractivity contribution in [1.82, 2.24) is 14.7 Å². The molecule has 1 N–H and O–H groups in total. The van der Waals surface area contributed by atoms with Crippen LogP contribution in [0.3, 0.4) is 0 Å². The predicted octanol–water partition coefficient (Wildman–Crippen LogP) is 3.38. The first-order chi connectivity index (χ1) is 9.74. The van der Waals surface area contributed by atoms with Crippen LogP contribution < -0.4 is 10.2 Å². The van der Waals surface area contributed by atoms with Crippen LogP contribution in [0, 0.1) is 5.92 Å². The number of nitrogens with one attached hydrogen (secondary N) is 1. The number of hydrogen-bond acceptors (Lipinski definition) is 4. The van der Waals surface area contributed by atoms with Crippen molar-refractivity contribution < 1.29 is 0 Å². The molecule has 0 aliphatic heterocycles. The fraction of sp³-hybridized carbons (Fsp3) is 0.667. The van der Waals surface area contributed by atoms with E-state index in [4.69, 9.17) is 4.98 Å². The van der Waals surface area contributed by atoms with Gasteiger partial charge in [-0.1, -0.05) is 26.7 Å². The Morgan fingerprint density at radius 2 is 2.10 bits per heavy atom. The van der Waals surface area contributed by atoms with Crippen molar-refractivity contribution in [2.45, 2.75) is 40.2 Å².